The second-order valence-corrected chi connectivity index (χ2v) is 6.28. The van der Waals surface area contributed by atoms with Crippen molar-refractivity contribution in [3.8, 4) is 0 Å². The van der Waals surface area contributed by atoms with E-state index >= 15 is 0 Å². The first-order valence-corrected chi connectivity index (χ1v) is 7.46. The molecule has 0 radical (unpaired) electrons. The van der Waals surface area contributed by atoms with Gasteiger partial charge in [-0.05, 0) is 39.2 Å². The summed E-state index contributed by atoms with van der Waals surface area (Å²) in [5.74, 6) is 0.984. The van der Waals surface area contributed by atoms with Crippen molar-refractivity contribution in [2.45, 2.75) is 44.9 Å². The summed E-state index contributed by atoms with van der Waals surface area (Å²) in [5.41, 5.74) is 5.65. The number of nitrogens with two attached hydrogens (primary N) is 1. The van der Waals surface area contributed by atoms with E-state index in [1.54, 1.807) is 11.8 Å². The van der Waals surface area contributed by atoms with Gasteiger partial charge in [-0.2, -0.15) is 11.8 Å². The molecular formula is C12H24N2O2S. The van der Waals surface area contributed by atoms with E-state index in [1.165, 1.54) is 0 Å². The molecule has 0 aromatic rings. The Kier molecular flexibility index (Phi) is 5.28. The Bertz CT molecular complexity index is 271. The van der Waals surface area contributed by atoms with Crippen molar-refractivity contribution in [1.82, 2.24) is 4.90 Å². The van der Waals surface area contributed by atoms with Gasteiger partial charge in [-0.1, -0.05) is 0 Å². The first-order valence-electron chi connectivity index (χ1n) is 6.07. The summed E-state index contributed by atoms with van der Waals surface area (Å²) in [5, 5.41) is 0. The fourth-order valence-electron chi connectivity index (χ4n) is 2.22. The SMILES string of the molecule is CSCC[C@H](N)C(=O)N1CC(C)OC(C)(C)C1. The van der Waals surface area contributed by atoms with Gasteiger partial charge in [0.25, 0.3) is 0 Å². The van der Waals surface area contributed by atoms with E-state index < -0.39 is 0 Å². The molecule has 0 aromatic heterocycles. The molecule has 0 saturated carbocycles. The normalized spacial score (nSPS) is 25.7. The molecule has 2 atom stereocenters. The molecule has 0 aliphatic carbocycles. The smallest absolute Gasteiger partial charge is 0.239 e. The summed E-state index contributed by atoms with van der Waals surface area (Å²) < 4.78 is 5.78. The van der Waals surface area contributed by atoms with Gasteiger partial charge in [-0.3, -0.25) is 4.79 Å². The summed E-state index contributed by atoms with van der Waals surface area (Å²) >= 11 is 1.72. The number of morpholine rings is 1. The third kappa shape index (κ3) is 4.48. The second-order valence-electron chi connectivity index (χ2n) is 5.29. The molecule has 4 nitrogen and oxygen atoms in total. The van der Waals surface area contributed by atoms with Gasteiger partial charge in [-0.15, -0.1) is 0 Å². The Hall–Kier alpha value is -0.260. The molecule has 1 amide bonds. The van der Waals surface area contributed by atoms with Gasteiger partial charge in [0.15, 0.2) is 0 Å². The lowest BCUT2D eigenvalue weighted by molar-refractivity contribution is -0.159. The van der Waals surface area contributed by atoms with Crippen LogP contribution in [0.15, 0.2) is 0 Å². The fourth-order valence-corrected chi connectivity index (χ4v) is 2.71. The van der Waals surface area contributed by atoms with E-state index in [1.807, 2.05) is 31.9 Å². The highest BCUT2D eigenvalue weighted by molar-refractivity contribution is 7.98. The van der Waals surface area contributed by atoms with Crippen LogP contribution in [0.25, 0.3) is 0 Å². The number of thioether (sulfide) groups is 1. The molecule has 17 heavy (non-hydrogen) atoms. The molecule has 1 rings (SSSR count). The van der Waals surface area contributed by atoms with Crippen LogP contribution in [0.4, 0.5) is 0 Å². The zero-order valence-corrected chi connectivity index (χ0v) is 12.0. The lowest BCUT2D eigenvalue weighted by atomic mass is 10.0. The molecule has 0 aromatic carbocycles. The zero-order valence-electron chi connectivity index (χ0n) is 11.2. The van der Waals surface area contributed by atoms with Crippen molar-refractivity contribution < 1.29 is 9.53 Å². The predicted molar refractivity (Wildman–Crippen MR) is 72.2 cm³/mol. The first-order chi connectivity index (χ1) is 7.85. The maximum absolute atomic E-state index is 12.2. The fraction of sp³-hybridized carbons (Fsp3) is 0.917. The van der Waals surface area contributed by atoms with Crippen molar-refractivity contribution in [2.75, 3.05) is 25.1 Å². The number of carbonyl (C=O) groups is 1. The minimum Gasteiger partial charge on any atom is -0.369 e. The van der Waals surface area contributed by atoms with Crippen molar-refractivity contribution >= 4 is 17.7 Å². The molecule has 0 spiro atoms. The van der Waals surface area contributed by atoms with E-state index in [9.17, 15) is 4.79 Å². The Labute approximate surface area is 108 Å². The monoisotopic (exact) mass is 260 g/mol. The Balaban J connectivity index is 2.56. The van der Waals surface area contributed by atoms with Crippen LogP contribution in [0.1, 0.15) is 27.2 Å². The molecular weight excluding hydrogens is 236 g/mol. The number of hydrogen-bond donors (Lipinski definition) is 1. The van der Waals surface area contributed by atoms with Gasteiger partial charge in [0, 0.05) is 13.1 Å². The van der Waals surface area contributed by atoms with Gasteiger partial charge < -0.3 is 15.4 Å². The van der Waals surface area contributed by atoms with Gasteiger partial charge >= 0.3 is 0 Å². The number of ether oxygens (including phenoxy) is 1. The van der Waals surface area contributed by atoms with Crippen LogP contribution in [-0.2, 0) is 9.53 Å². The van der Waals surface area contributed by atoms with Crippen molar-refractivity contribution in [3.05, 3.63) is 0 Å². The maximum atomic E-state index is 12.2. The molecule has 1 unspecified atom stereocenters. The van der Waals surface area contributed by atoms with Crippen LogP contribution < -0.4 is 5.73 Å². The molecule has 5 heteroatoms. The number of amides is 1. The lowest BCUT2D eigenvalue weighted by Gasteiger charge is -2.42. The van der Waals surface area contributed by atoms with Crippen LogP contribution in [0.5, 0.6) is 0 Å². The van der Waals surface area contributed by atoms with E-state index in [-0.39, 0.29) is 23.7 Å². The average Bonchev–Trinajstić information content (AvgIpc) is 2.21. The molecule has 1 heterocycles. The highest BCUT2D eigenvalue weighted by Gasteiger charge is 2.35. The molecule has 2 N–H and O–H groups in total. The lowest BCUT2D eigenvalue weighted by Crippen LogP contribution is -2.57. The third-order valence-electron chi connectivity index (χ3n) is 2.83. The van der Waals surface area contributed by atoms with Gasteiger partial charge in [0.1, 0.15) is 0 Å². The van der Waals surface area contributed by atoms with E-state index in [0.717, 1.165) is 12.2 Å². The standard InChI is InChI=1S/C12H24N2O2S/c1-9-7-14(8-12(2,3)16-9)11(15)10(13)5-6-17-4/h9-10H,5-8,13H2,1-4H3/t9?,10-/m0/s1. The molecule has 100 valence electrons. The quantitative estimate of drug-likeness (QED) is 0.822. The zero-order chi connectivity index (χ0) is 13.1. The average molecular weight is 260 g/mol. The van der Waals surface area contributed by atoms with E-state index in [2.05, 4.69) is 0 Å². The maximum Gasteiger partial charge on any atom is 0.239 e. The Morgan fingerprint density at radius 1 is 1.65 bits per heavy atom. The Morgan fingerprint density at radius 3 is 2.82 bits per heavy atom. The number of nitrogens with zero attached hydrogens (tertiary/aromatic N) is 1. The third-order valence-corrected chi connectivity index (χ3v) is 3.48. The molecule has 1 fully saturated rings. The molecule has 1 aliphatic heterocycles. The first kappa shape index (κ1) is 14.8. The van der Waals surface area contributed by atoms with E-state index in [4.69, 9.17) is 10.5 Å². The highest BCUT2D eigenvalue weighted by atomic mass is 32.2. The summed E-state index contributed by atoms with van der Waals surface area (Å²) in [6.07, 6.45) is 2.85. The predicted octanol–water partition coefficient (Wildman–Crippen LogP) is 1.09. The molecule has 0 bridgehead atoms. The van der Waals surface area contributed by atoms with Gasteiger partial charge in [0.2, 0.25) is 5.91 Å². The summed E-state index contributed by atoms with van der Waals surface area (Å²) in [4.78, 5) is 14.0. The van der Waals surface area contributed by atoms with Crippen LogP contribution in [0, 0.1) is 0 Å². The van der Waals surface area contributed by atoms with Crippen LogP contribution in [-0.4, -0.2) is 53.7 Å². The van der Waals surface area contributed by atoms with Crippen molar-refractivity contribution in [2.24, 2.45) is 5.73 Å². The number of carbonyl (C=O) groups excluding carboxylic acids is 1. The van der Waals surface area contributed by atoms with Crippen LogP contribution in [0.2, 0.25) is 0 Å². The molecule has 1 saturated heterocycles. The van der Waals surface area contributed by atoms with Crippen LogP contribution >= 0.6 is 11.8 Å². The molecule has 1 aliphatic rings. The topological polar surface area (TPSA) is 55.6 Å². The number of hydrogen-bond acceptors (Lipinski definition) is 4. The highest BCUT2D eigenvalue weighted by Crippen LogP contribution is 2.21. The largest absolute Gasteiger partial charge is 0.369 e. The number of rotatable bonds is 4. The van der Waals surface area contributed by atoms with Gasteiger partial charge in [-0.25, -0.2) is 0 Å². The van der Waals surface area contributed by atoms with Crippen LogP contribution in [0.3, 0.4) is 0 Å². The summed E-state index contributed by atoms with van der Waals surface area (Å²) in [6.45, 7) is 7.29. The van der Waals surface area contributed by atoms with Gasteiger partial charge in [0.05, 0.1) is 17.7 Å². The minimum atomic E-state index is -0.372. The summed E-state index contributed by atoms with van der Waals surface area (Å²) in [7, 11) is 0. The minimum absolute atomic E-state index is 0.0577. The van der Waals surface area contributed by atoms with Crippen molar-refractivity contribution in [3.63, 3.8) is 0 Å². The second kappa shape index (κ2) is 6.07. The summed E-state index contributed by atoms with van der Waals surface area (Å²) in [6, 6.07) is -0.372. The van der Waals surface area contributed by atoms with Crippen molar-refractivity contribution in [1.29, 1.82) is 0 Å². The van der Waals surface area contributed by atoms with E-state index in [0.29, 0.717) is 13.1 Å². The Morgan fingerprint density at radius 2 is 2.29 bits per heavy atom.